The van der Waals surface area contributed by atoms with Crippen molar-refractivity contribution >= 4 is 17.9 Å². The van der Waals surface area contributed by atoms with Crippen LogP contribution in [-0.2, 0) is 28.6 Å². The smallest absolute Gasteiger partial charge is 0.306 e. The van der Waals surface area contributed by atoms with Gasteiger partial charge in [0, 0.05) is 19.3 Å². The molecule has 71 heavy (non-hydrogen) atoms. The molecule has 0 fully saturated rings. The van der Waals surface area contributed by atoms with Gasteiger partial charge >= 0.3 is 17.9 Å². The summed E-state index contributed by atoms with van der Waals surface area (Å²) in [6.07, 6.45) is 77.3. The van der Waals surface area contributed by atoms with Gasteiger partial charge < -0.3 is 14.2 Å². The highest BCUT2D eigenvalue weighted by Crippen LogP contribution is 2.16. The first-order valence-electron chi connectivity index (χ1n) is 30.1. The van der Waals surface area contributed by atoms with Crippen LogP contribution < -0.4 is 0 Å². The molecule has 6 heteroatoms. The van der Waals surface area contributed by atoms with E-state index in [9.17, 15) is 14.4 Å². The molecule has 0 saturated heterocycles. The van der Waals surface area contributed by atoms with Gasteiger partial charge in [-0.1, -0.05) is 260 Å². The number of esters is 3. The predicted octanol–water partition coefficient (Wildman–Crippen LogP) is 20.3. The molecule has 0 spiro atoms. The van der Waals surface area contributed by atoms with E-state index in [2.05, 4.69) is 106 Å². The van der Waals surface area contributed by atoms with Crippen molar-refractivity contribution in [2.45, 2.75) is 297 Å². The minimum atomic E-state index is -0.779. The number of carbonyl (C=O) groups is 3. The molecular formula is C65H112O6. The van der Waals surface area contributed by atoms with Crippen molar-refractivity contribution in [3.05, 3.63) is 85.1 Å². The molecule has 0 aliphatic heterocycles. The first kappa shape index (κ1) is 67.6. The first-order chi connectivity index (χ1) is 35.0. The van der Waals surface area contributed by atoms with E-state index in [4.69, 9.17) is 14.2 Å². The minimum absolute atomic E-state index is 0.0779. The van der Waals surface area contributed by atoms with Crippen LogP contribution in [0.2, 0.25) is 0 Å². The lowest BCUT2D eigenvalue weighted by molar-refractivity contribution is -0.167. The Morgan fingerprint density at radius 1 is 0.296 bits per heavy atom. The molecule has 408 valence electrons. The standard InChI is InChI=1S/C65H112O6/c1-4-7-10-13-16-19-22-24-25-26-27-28-29-30-31-32-33-34-35-36-37-38-39-41-43-46-49-52-55-58-64(67)70-61-62(60-69-63(66)57-54-51-48-45-42-21-18-15-12-9-6-3)71-65(68)59-56-53-50-47-44-40-23-20-17-14-11-8-5-2/h7,10,16,19-20,23-25,27-28,30-31,33-34,62H,4-6,8-9,11-15,17-18,21-22,26,29,32,35-61H2,1-3H3/b10-7-,19-16-,23-20-,25-24-,28-27-,31-30-,34-33-. The Bertz CT molecular complexity index is 1370. The van der Waals surface area contributed by atoms with Crippen LogP contribution >= 0.6 is 0 Å². The molecule has 0 aromatic rings. The van der Waals surface area contributed by atoms with Crippen LogP contribution in [0.4, 0.5) is 0 Å². The van der Waals surface area contributed by atoms with Crippen molar-refractivity contribution in [3.8, 4) is 0 Å². The second-order valence-electron chi connectivity index (χ2n) is 19.9. The zero-order valence-corrected chi connectivity index (χ0v) is 46.7. The molecule has 1 atom stereocenters. The van der Waals surface area contributed by atoms with Gasteiger partial charge in [0.05, 0.1) is 0 Å². The monoisotopic (exact) mass is 989 g/mol. The summed E-state index contributed by atoms with van der Waals surface area (Å²) in [6.45, 7) is 6.51. The maximum Gasteiger partial charge on any atom is 0.306 e. The molecular weight excluding hydrogens is 877 g/mol. The third-order valence-electron chi connectivity index (χ3n) is 12.9. The molecule has 6 nitrogen and oxygen atoms in total. The van der Waals surface area contributed by atoms with Crippen LogP contribution in [0.5, 0.6) is 0 Å². The van der Waals surface area contributed by atoms with Gasteiger partial charge in [-0.05, 0) is 96.3 Å². The summed E-state index contributed by atoms with van der Waals surface area (Å²) in [5, 5.41) is 0. The van der Waals surface area contributed by atoms with Crippen molar-refractivity contribution in [2.24, 2.45) is 0 Å². The van der Waals surface area contributed by atoms with Gasteiger partial charge in [0.15, 0.2) is 6.10 Å². The quantitative estimate of drug-likeness (QED) is 0.0261. The highest BCUT2D eigenvalue weighted by Gasteiger charge is 2.19. The summed E-state index contributed by atoms with van der Waals surface area (Å²) in [4.78, 5) is 38.1. The number of hydrogen-bond donors (Lipinski definition) is 0. The fraction of sp³-hybridized carbons (Fsp3) is 0.738. The van der Waals surface area contributed by atoms with Crippen molar-refractivity contribution in [3.63, 3.8) is 0 Å². The lowest BCUT2D eigenvalue weighted by Gasteiger charge is -2.18. The topological polar surface area (TPSA) is 78.9 Å². The Hall–Kier alpha value is -3.41. The van der Waals surface area contributed by atoms with Gasteiger partial charge in [-0.25, -0.2) is 0 Å². The van der Waals surface area contributed by atoms with Crippen molar-refractivity contribution in [1.29, 1.82) is 0 Å². The van der Waals surface area contributed by atoms with E-state index in [1.165, 1.54) is 141 Å². The molecule has 0 heterocycles. The summed E-state index contributed by atoms with van der Waals surface area (Å²) in [6, 6.07) is 0. The fourth-order valence-electron chi connectivity index (χ4n) is 8.38. The summed E-state index contributed by atoms with van der Waals surface area (Å²) < 4.78 is 16.8. The van der Waals surface area contributed by atoms with E-state index in [-0.39, 0.29) is 31.1 Å². The third kappa shape index (κ3) is 57.4. The Morgan fingerprint density at radius 3 is 0.887 bits per heavy atom. The molecule has 1 unspecified atom stereocenters. The first-order valence-corrected chi connectivity index (χ1v) is 30.1. The zero-order chi connectivity index (χ0) is 51.4. The van der Waals surface area contributed by atoms with Gasteiger partial charge in [-0.3, -0.25) is 14.4 Å². The Kier molecular flexibility index (Phi) is 56.3. The number of rotatable bonds is 54. The molecule has 0 radical (unpaired) electrons. The second-order valence-corrected chi connectivity index (χ2v) is 19.9. The van der Waals surface area contributed by atoms with Crippen LogP contribution in [-0.4, -0.2) is 37.2 Å². The molecule has 0 aromatic heterocycles. The van der Waals surface area contributed by atoms with Gasteiger partial charge in [-0.15, -0.1) is 0 Å². The van der Waals surface area contributed by atoms with Crippen molar-refractivity contribution in [2.75, 3.05) is 13.2 Å². The van der Waals surface area contributed by atoms with E-state index >= 15 is 0 Å². The molecule has 0 bridgehead atoms. The largest absolute Gasteiger partial charge is 0.462 e. The predicted molar refractivity (Wildman–Crippen MR) is 307 cm³/mol. The van der Waals surface area contributed by atoms with Crippen LogP contribution in [0.15, 0.2) is 85.1 Å². The van der Waals surface area contributed by atoms with E-state index in [1.807, 2.05) is 0 Å². The normalized spacial score (nSPS) is 12.7. The SMILES string of the molecule is CC/C=C\C/C=C\C/C=C\C/C=C\C/C=C\C/C=C\CCCCCCCCCCCCC(=O)OCC(COC(=O)CCCCCCCCCCCCC)OC(=O)CCCCCCC/C=C\CCCCCC. The van der Waals surface area contributed by atoms with E-state index in [1.54, 1.807) is 0 Å². The molecule has 0 aliphatic rings. The maximum absolute atomic E-state index is 12.8. The van der Waals surface area contributed by atoms with Gasteiger partial charge in [0.1, 0.15) is 13.2 Å². The maximum atomic E-state index is 12.8. The van der Waals surface area contributed by atoms with Crippen LogP contribution in [0.1, 0.15) is 290 Å². The third-order valence-corrected chi connectivity index (χ3v) is 12.9. The Labute approximate surface area is 439 Å². The molecule has 0 rings (SSSR count). The number of ether oxygens (including phenoxy) is 3. The Morgan fingerprint density at radius 2 is 0.549 bits per heavy atom. The molecule has 0 amide bonds. The lowest BCUT2D eigenvalue weighted by Crippen LogP contribution is -2.30. The number of hydrogen-bond acceptors (Lipinski definition) is 6. The summed E-state index contributed by atoms with van der Waals surface area (Å²) in [5.74, 6) is -0.885. The summed E-state index contributed by atoms with van der Waals surface area (Å²) in [5.41, 5.74) is 0. The van der Waals surface area contributed by atoms with Crippen LogP contribution in [0, 0.1) is 0 Å². The van der Waals surface area contributed by atoms with Crippen molar-refractivity contribution < 1.29 is 28.6 Å². The summed E-state index contributed by atoms with van der Waals surface area (Å²) in [7, 11) is 0. The average Bonchev–Trinajstić information content (AvgIpc) is 3.37. The molecule has 0 N–H and O–H groups in total. The number of unbranched alkanes of at least 4 members (excludes halogenated alkanes) is 29. The molecule has 0 saturated carbocycles. The van der Waals surface area contributed by atoms with E-state index in [0.29, 0.717) is 19.3 Å². The highest BCUT2D eigenvalue weighted by atomic mass is 16.6. The van der Waals surface area contributed by atoms with Crippen molar-refractivity contribution in [1.82, 2.24) is 0 Å². The molecule has 0 aliphatic carbocycles. The van der Waals surface area contributed by atoms with Gasteiger partial charge in [0.25, 0.3) is 0 Å². The highest BCUT2D eigenvalue weighted by molar-refractivity contribution is 5.71. The van der Waals surface area contributed by atoms with Crippen LogP contribution in [0.3, 0.4) is 0 Å². The number of carbonyl (C=O) groups excluding carboxylic acids is 3. The van der Waals surface area contributed by atoms with Crippen LogP contribution in [0.25, 0.3) is 0 Å². The average molecular weight is 990 g/mol. The Balaban J connectivity index is 4.21. The summed E-state index contributed by atoms with van der Waals surface area (Å²) >= 11 is 0. The van der Waals surface area contributed by atoms with E-state index in [0.717, 1.165) is 109 Å². The number of allylic oxidation sites excluding steroid dienone is 14. The van der Waals surface area contributed by atoms with Gasteiger partial charge in [0.2, 0.25) is 0 Å². The lowest BCUT2D eigenvalue weighted by atomic mass is 10.1. The fourth-order valence-corrected chi connectivity index (χ4v) is 8.38. The second kappa shape index (κ2) is 59.2. The zero-order valence-electron chi connectivity index (χ0n) is 46.7. The minimum Gasteiger partial charge on any atom is -0.462 e. The molecule has 0 aromatic carbocycles. The van der Waals surface area contributed by atoms with Gasteiger partial charge in [-0.2, -0.15) is 0 Å². The van der Waals surface area contributed by atoms with E-state index < -0.39 is 6.10 Å².